The van der Waals surface area contributed by atoms with Crippen LogP contribution in [0.3, 0.4) is 0 Å². The zero-order chi connectivity index (χ0) is 8.97. The van der Waals surface area contributed by atoms with Crippen molar-refractivity contribution < 1.29 is 5.21 Å². The molecule has 12 heavy (non-hydrogen) atoms. The molecule has 62 valence electrons. The number of nitroso groups, excluding NO2 is 1. The normalized spacial score (nSPS) is 11.2. The van der Waals surface area contributed by atoms with E-state index in [-0.39, 0.29) is 11.5 Å². The highest BCUT2D eigenvalue weighted by atomic mass is 16.4. The summed E-state index contributed by atoms with van der Waals surface area (Å²) in [5.74, 6) is -0.0412. The van der Waals surface area contributed by atoms with Crippen molar-refractivity contribution in [2.24, 2.45) is 16.1 Å². The quantitative estimate of drug-likeness (QED) is 0.227. The van der Waals surface area contributed by atoms with Crippen LogP contribution in [0.15, 0.2) is 34.6 Å². The van der Waals surface area contributed by atoms with Crippen LogP contribution in [0, 0.1) is 4.91 Å². The van der Waals surface area contributed by atoms with E-state index in [2.05, 4.69) is 10.3 Å². The lowest BCUT2D eigenvalue weighted by Gasteiger charge is -1.96. The zero-order valence-electron chi connectivity index (χ0n) is 6.14. The molecule has 3 N–H and O–H groups in total. The van der Waals surface area contributed by atoms with E-state index in [4.69, 9.17) is 10.9 Å². The predicted molar refractivity (Wildman–Crippen MR) is 44.4 cm³/mol. The van der Waals surface area contributed by atoms with Gasteiger partial charge in [-0.2, -0.15) is 0 Å². The second-order valence-corrected chi connectivity index (χ2v) is 2.13. The van der Waals surface area contributed by atoms with Gasteiger partial charge in [0.2, 0.25) is 0 Å². The van der Waals surface area contributed by atoms with Crippen molar-refractivity contribution in [2.75, 3.05) is 0 Å². The van der Waals surface area contributed by atoms with E-state index in [0.29, 0.717) is 5.56 Å². The summed E-state index contributed by atoms with van der Waals surface area (Å²) >= 11 is 0. The van der Waals surface area contributed by atoms with Crippen molar-refractivity contribution >= 4 is 11.5 Å². The number of amidine groups is 1. The molecule has 0 saturated carbocycles. The minimum Gasteiger partial charge on any atom is -0.409 e. The summed E-state index contributed by atoms with van der Waals surface area (Å²) < 4.78 is 0. The minimum absolute atomic E-state index is 0.0412. The Hall–Kier alpha value is -1.91. The number of hydrogen-bond donors (Lipinski definition) is 2. The van der Waals surface area contributed by atoms with E-state index in [1.807, 2.05) is 0 Å². The van der Waals surface area contributed by atoms with Crippen molar-refractivity contribution in [3.63, 3.8) is 0 Å². The molecule has 0 aliphatic heterocycles. The van der Waals surface area contributed by atoms with Gasteiger partial charge in [0.05, 0.1) is 0 Å². The molecular formula is C7H7N3O2. The first-order valence-corrected chi connectivity index (χ1v) is 3.19. The molecule has 1 rings (SSSR count). The van der Waals surface area contributed by atoms with Crippen LogP contribution in [0.2, 0.25) is 0 Å². The van der Waals surface area contributed by atoms with Gasteiger partial charge in [0.15, 0.2) is 5.84 Å². The number of benzene rings is 1. The molecule has 0 fully saturated rings. The molecule has 0 aliphatic carbocycles. The second kappa shape index (κ2) is 3.47. The van der Waals surface area contributed by atoms with Gasteiger partial charge in [0.25, 0.3) is 0 Å². The topological polar surface area (TPSA) is 88.0 Å². The van der Waals surface area contributed by atoms with Crippen LogP contribution in [-0.2, 0) is 0 Å². The molecule has 1 aromatic rings. The Labute approximate surface area is 68.5 Å². The molecule has 0 aliphatic rings. The van der Waals surface area contributed by atoms with Crippen LogP contribution in [0.1, 0.15) is 5.56 Å². The second-order valence-electron chi connectivity index (χ2n) is 2.13. The van der Waals surface area contributed by atoms with E-state index < -0.39 is 0 Å². The van der Waals surface area contributed by atoms with Gasteiger partial charge in [0.1, 0.15) is 5.69 Å². The monoisotopic (exact) mass is 165 g/mol. The van der Waals surface area contributed by atoms with Gasteiger partial charge in [-0.15, -0.1) is 4.91 Å². The summed E-state index contributed by atoms with van der Waals surface area (Å²) in [5, 5.41) is 13.8. The van der Waals surface area contributed by atoms with Gasteiger partial charge in [-0.05, 0) is 17.3 Å². The third-order valence-electron chi connectivity index (χ3n) is 1.36. The molecule has 0 saturated heterocycles. The van der Waals surface area contributed by atoms with Gasteiger partial charge in [-0.3, -0.25) is 0 Å². The van der Waals surface area contributed by atoms with Crippen LogP contribution in [-0.4, -0.2) is 11.0 Å². The van der Waals surface area contributed by atoms with E-state index >= 15 is 0 Å². The van der Waals surface area contributed by atoms with Gasteiger partial charge in [-0.25, -0.2) is 0 Å². The number of nitrogens with two attached hydrogens (primary N) is 1. The van der Waals surface area contributed by atoms with E-state index in [9.17, 15) is 4.91 Å². The Bertz CT molecular complexity index is 322. The van der Waals surface area contributed by atoms with Crippen LogP contribution in [0.5, 0.6) is 0 Å². The smallest absolute Gasteiger partial charge is 0.170 e. The molecule has 0 amide bonds. The number of hydrogen-bond acceptors (Lipinski definition) is 4. The number of oxime groups is 1. The first kappa shape index (κ1) is 8.19. The average molecular weight is 165 g/mol. The fraction of sp³-hybridized carbons (Fsp3) is 0. The molecule has 5 heteroatoms. The molecule has 5 nitrogen and oxygen atoms in total. The van der Waals surface area contributed by atoms with Gasteiger partial charge < -0.3 is 10.9 Å². The summed E-state index contributed by atoms with van der Waals surface area (Å²) in [6.45, 7) is 0. The SMILES string of the molecule is N/C(=N\O)c1cccc(N=O)c1. The standard InChI is InChI=1S/C7H7N3O2/c8-7(10-12)5-2-1-3-6(4-5)9-11/h1-4,12H,(H2,8,10). The highest BCUT2D eigenvalue weighted by Gasteiger charge is 1.99. The van der Waals surface area contributed by atoms with Crippen molar-refractivity contribution in [1.29, 1.82) is 0 Å². The van der Waals surface area contributed by atoms with Crippen LogP contribution in [0.25, 0.3) is 0 Å². The summed E-state index contributed by atoms with van der Waals surface area (Å²) in [5.41, 5.74) is 5.99. The maximum atomic E-state index is 10.1. The lowest BCUT2D eigenvalue weighted by Crippen LogP contribution is -2.12. The molecular weight excluding hydrogens is 158 g/mol. The maximum absolute atomic E-state index is 10.1. The Morgan fingerprint density at radius 2 is 2.25 bits per heavy atom. The molecule has 0 spiro atoms. The van der Waals surface area contributed by atoms with Gasteiger partial charge in [0, 0.05) is 5.56 Å². The molecule has 1 aromatic carbocycles. The summed E-state index contributed by atoms with van der Waals surface area (Å²) in [6, 6.07) is 6.18. The summed E-state index contributed by atoms with van der Waals surface area (Å²) in [4.78, 5) is 10.1. The molecule has 0 aromatic heterocycles. The van der Waals surface area contributed by atoms with Crippen molar-refractivity contribution in [1.82, 2.24) is 0 Å². The first-order valence-electron chi connectivity index (χ1n) is 3.19. The van der Waals surface area contributed by atoms with Gasteiger partial charge >= 0.3 is 0 Å². The largest absolute Gasteiger partial charge is 0.409 e. The zero-order valence-corrected chi connectivity index (χ0v) is 6.14. The Morgan fingerprint density at radius 3 is 2.83 bits per heavy atom. The van der Waals surface area contributed by atoms with Crippen molar-refractivity contribution in [2.45, 2.75) is 0 Å². The fourth-order valence-corrected chi connectivity index (χ4v) is 0.780. The lowest BCUT2D eigenvalue weighted by molar-refractivity contribution is 0.318. The summed E-state index contributed by atoms with van der Waals surface area (Å²) in [7, 11) is 0. The number of nitrogens with zero attached hydrogens (tertiary/aromatic N) is 2. The summed E-state index contributed by atoms with van der Waals surface area (Å²) in [6.07, 6.45) is 0. The lowest BCUT2D eigenvalue weighted by atomic mass is 10.2. The average Bonchev–Trinajstić information content (AvgIpc) is 2.17. The Morgan fingerprint density at radius 1 is 1.50 bits per heavy atom. The van der Waals surface area contributed by atoms with Crippen LogP contribution in [0.4, 0.5) is 5.69 Å². The maximum Gasteiger partial charge on any atom is 0.170 e. The predicted octanol–water partition coefficient (Wildman–Crippen LogP) is 1.18. The van der Waals surface area contributed by atoms with E-state index in [1.165, 1.54) is 12.1 Å². The highest BCUT2D eigenvalue weighted by Crippen LogP contribution is 2.12. The molecule has 0 radical (unpaired) electrons. The fourth-order valence-electron chi connectivity index (χ4n) is 0.780. The number of rotatable bonds is 2. The first-order chi connectivity index (χ1) is 5.77. The molecule has 0 atom stereocenters. The molecule has 0 unspecified atom stereocenters. The Balaban J connectivity index is 3.10. The van der Waals surface area contributed by atoms with E-state index in [1.54, 1.807) is 12.1 Å². The molecule has 0 heterocycles. The van der Waals surface area contributed by atoms with Crippen LogP contribution < -0.4 is 5.73 Å². The van der Waals surface area contributed by atoms with E-state index in [0.717, 1.165) is 0 Å². The van der Waals surface area contributed by atoms with Gasteiger partial charge in [-0.1, -0.05) is 17.3 Å². The molecule has 0 bridgehead atoms. The Kier molecular flexibility index (Phi) is 2.37. The van der Waals surface area contributed by atoms with Crippen LogP contribution >= 0.6 is 0 Å². The van der Waals surface area contributed by atoms with Crippen molar-refractivity contribution in [3.8, 4) is 0 Å². The van der Waals surface area contributed by atoms with Crippen molar-refractivity contribution in [3.05, 3.63) is 34.7 Å². The third-order valence-corrected chi connectivity index (χ3v) is 1.36. The minimum atomic E-state index is -0.0412. The highest BCUT2D eigenvalue weighted by molar-refractivity contribution is 5.97. The third kappa shape index (κ3) is 1.57.